The van der Waals surface area contributed by atoms with Crippen LogP contribution < -0.4 is 26.2 Å². The Morgan fingerprint density at radius 3 is 1.08 bits per heavy atom. The van der Waals surface area contributed by atoms with Crippen LogP contribution in [0.2, 0.25) is 0 Å². The lowest BCUT2D eigenvalue weighted by molar-refractivity contribution is 0.569. The molecule has 426 valence electrons. The molecule has 0 fully saturated rings. The minimum atomic E-state index is -0.697. The van der Waals surface area contributed by atoms with Crippen molar-refractivity contribution in [3.05, 3.63) is 284 Å². The van der Waals surface area contributed by atoms with E-state index in [1.807, 2.05) is 102 Å². The van der Waals surface area contributed by atoms with Gasteiger partial charge in [0.1, 0.15) is 0 Å². The molecule has 2 aliphatic heterocycles. The van der Waals surface area contributed by atoms with E-state index in [2.05, 4.69) is 100.0 Å². The first-order chi connectivity index (χ1) is 49.6. The van der Waals surface area contributed by atoms with E-state index in [4.69, 9.17) is 37.3 Å². The molecule has 0 atom stereocenters. The number of nitrogens with zero attached hydrogens (tertiary/aromatic N) is 8. The smallest absolute Gasteiger partial charge is 0.252 e. The van der Waals surface area contributed by atoms with Crippen LogP contribution in [0.5, 0.6) is 0 Å². The van der Waals surface area contributed by atoms with Gasteiger partial charge in [-0.1, -0.05) is 266 Å². The Morgan fingerprint density at radius 2 is 0.652 bits per heavy atom. The molecule has 0 saturated carbocycles. The molecular weight excluding hydrogens is 1080 g/mol. The van der Waals surface area contributed by atoms with E-state index in [0.717, 1.165) is 61.1 Å². The number of rotatable bonds is 10. The molecule has 89 heavy (non-hydrogen) atoms. The lowest BCUT2D eigenvalue weighted by Gasteiger charge is -2.44. The van der Waals surface area contributed by atoms with Crippen molar-refractivity contribution in [2.45, 2.75) is 52.4 Å². The third-order valence-electron chi connectivity index (χ3n) is 16.3. The second kappa shape index (κ2) is 22.1. The van der Waals surface area contributed by atoms with Gasteiger partial charge in [-0.25, -0.2) is 29.9 Å². The van der Waals surface area contributed by atoms with Crippen molar-refractivity contribution in [1.82, 2.24) is 29.9 Å². The maximum absolute atomic E-state index is 9.35. The van der Waals surface area contributed by atoms with Crippen LogP contribution in [-0.2, 0) is 10.8 Å². The van der Waals surface area contributed by atoms with Crippen LogP contribution in [0.15, 0.2) is 273 Å². The highest BCUT2D eigenvalue weighted by molar-refractivity contribution is 7.00. The first-order valence-corrected chi connectivity index (χ1v) is 29.3. The molecule has 0 saturated heterocycles. The largest absolute Gasteiger partial charge is 0.311 e. The van der Waals surface area contributed by atoms with Gasteiger partial charge >= 0.3 is 0 Å². The topological polar surface area (TPSA) is 83.8 Å². The maximum Gasteiger partial charge on any atom is 0.252 e. The third-order valence-corrected chi connectivity index (χ3v) is 16.3. The quantitative estimate of drug-likeness (QED) is 0.125. The molecule has 0 N–H and O–H groups in total. The third kappa shape index (κ3) is 10.1. The predicted octanol–water partition coefficient (Wildman–Crippen LogP) is 18.1. The molecule has 9 heteroatoms. The molecule has 8 nitrogen and oxygen atoms in total. The van der Waals surface area contributed by atoms with Gasteiger partial charge in [0, 0.05) is 56.1 Å². The summed E-state index contributed by atoms with van der Waals surface area (Å²) in [6, 6.07) is 50.1. The van der Waals surface area contributed by atoms with Crippen molar-refractivity contribution in [3.63, 3.8) is 0 Å². The molecule has 0 spiro atoms. The highest BCUT2D eigenvalue weighted by Gasteiger charge is 2.44. The highest BCUT2D eigenvalue weighted by atomic mass is 15.2. The van der Waals surface area contributed by atoms with Crippen LogP contribution in [0.25, 0.3) is 90.6 Å². The van der Waals surface area contributed by atoms with E-state index >= 15 is 0 Å². The lowest BCUT2D eigenvalue weighted by Crippen LogP contribution is -2.61. The van der Waals surface area contributed by atoms with E-state index in [0.29, 0.717) is 45.8 Å². The van der Waals surface area contributed by atoms with Crippen molar-refractivity contribution >= 4 is 57.2 Å². The number of fused-ring (bicyclic) bond motifs is 4. The number of hydrogen-bond donors (Lipinski definition) is 0. The fourth-order valence-corrected chi connectivity index (χ4v) is 11.9. The summed E-state index contributed by atoms with van der Waals surface area (Å²) >= 11 is 0. The predicted molar refractivity (Wildman–Crippen MR) is 368 cm³/mol. The fraction of sp³-hybridized carbons (Fsp3) is 0.100. The van der Waals surface area contributed by atoms with Gasteiger partial charge < -0.3 is 9.80 Å². The summed E-state index contributed by atoms with van der Waals surface area (Å²) in [7, 11) is 0. The van der Waals surface area contributed by atoms with Crippen LogP contribution in [0.1, 0.15) is 73.2 Å². The number of hydrogen-bond acceptors (Lipinski definition) is 8. The van der Waals surface area contributed by atoms with E-state index in [9.17, 15) is 8.22 Å². The van der Waals surface area contributed by atoms with Crippen molar-refractivity contribution in [2.24, 2.45) is 0 Å². The number of benzene rings is 11. The summed E-state index contributed by atoms with van der Waals surface area (Å²) in [6.45, 7) is 12.7. The first kappa shape index (κ1) is 40.5. The van der Waals surface area contributed by atoms with E-state index in [-0.39, 0.29) is 33.3 Å². The van der Waals surface area contributed by atoms with E-state index in [1.54, 1.807) is 36.4 Å². The van der Waals surface area contributed by atoms with Gasteiger partial charge in [0.15, 0.2) is 34.9 Å². The molecular formula is C80H63BN8. The SMILES string of the molecule is [2H]c1c([2H])c([2H])c(-c2ccc3c(c2)N(c2ccccc2-c2nc(-c4c([2H])c([2H])c([2H])c([2H])c4[2H])nc(-c4c([2H])c([2H])c([2H])c([2H])c4[2H])n2)c2cccc4c2B3c2ccc(-c3cc(C(C)(C)C)cc(C(C)(C)C)c3)cc2N4c2ccccc2-c2nc(-c3ccccc3)nc(-c3ccccc3)n2)c([2H])c1[2H]. The fourth-order valence-electron chi connectivity index (χ4n) is 11.9. The summed E-state index contributed by atoms with van der Waals surface area (Å²) in [5, 5.41) is 0. The number of aromatic nitrogens is 6. The minimum Gasteiger partial charge on any atom is -0.311 e. The van der Waals surface area contributed by atoms with Gasteiger partial charge in [-0.15, -0.1) is 0 Å². The standard InChI is InChI=1S/C80H63BN8/c1-79(2,3)60-47-59(48-61(51-60)80(4,5)6)58-44-46-65-71(50-58)89(67-40-25-23-38-63(67)78-86-75(55-33-18-10-19-34-55)83-76(87-78)56-35-20-11-21-36-56)69-42-26-41-68-72(69)81(65)64-45-43-57(52-27-12-7-13-28-52)49-70(64)88(68)66-39-24-22-37-62(66)77-84-73(53-29-14-8-15-30-53)82-74(85-77)54-31-16-9-17-32-54/h7-51H,1-6H3/i7D,8D,9D,12D,13D,14D,15D,16D,17D,27D,28D,29D,30D,31D,32D. The van der Waals surface area contributed by atoms with Gasteiger partial charge in [-0.2, -0.15) is 0 Å². The van der Waals surface area contributed by atoms with Crippen LogP contribution in [0.3, 0.4) is 0 Å². The molecule has 0 amide bonds. The Labute approximate surface area is 542 Å². The zero-order valence-corrected chi connectivity index (χ0v) is 49.5. The van der Waals surface area contributed by atoms with Crippen LogP contribution in [-0.4, -0.2) is 36.6 Å². The monoisotopic (exact) mass is 1160 g/mol. The Kier molecular flexibility index (Phi) is 10.1. The summed E-state index contributed by atoms with van der Waals surface area (Å²) in [5.41, 5.74) is 11.7. The zero-order valence-electron chi connectivity index (χ0n) is 64.5. The van der Waals surface area contributed by atoms with Gasteiger partial charge in [0.05, 0.1) is 31.9 Å². The van der Waals surface area contributed by atoms with Crippen molar-refractivity contribution in [1.29, 1.82) is 0 Å². The van der Waals surface area contributed by atoms with Crippen molar-refractivity contribution in [3.8, 4) is 90.6 Å². The van der Waals surface area contributed by atoms with Crippen LogP contribution in [0.4, 0.5) is 34.1 Å². The molecule has 0 bridgehead atoms. The van der Waals surface area contributed by atoms with Gasteiger partial charge in [0.2, 0.25) is 0 Å². The van der Waals surface area contributed by atoms with Gasteiger partial charge in [-0.05, 0) is 109 Å². The Bertz CT molecular complexity index is 5510. The van der Waals surface area contributed by atoms with Crippen molar-refractivity contribution in [2.75, 3.05) is 9.80 Å². The number of para-hydroxylation sites is 2. The summed E-state index contributed by atoms with van der Waals surface area (Å²) in [6.07, 6.45) is 0. The highest BCUT2D eigenvalue weighted by Crippen LogP contribution is 2.49. The second-order valence-corrected chi connectivity index (χ2v) is 24.0. The van der Waals surface area contributed by atoms with Crippen LogP contribution in [0, 0.1) is 0 Å². The Hall–Kier alpha value is -10.9. The maximum atomic E-state index is 9.35. The first-order valence-electron chi connectivity index (χ1n) is 36.8. The molecule has 11 aromatic carbocycles. The average molecular weight is 1160 g/mol. The van der Waals surface area contributed by atoms with E-state index < -0.39 is 120 Å². The molecule has 4 heterocycles. The van der Waals surface area contributed by atoms with Crippen LogP contribution >= 0.6 is 0 Å². The number of anilines is 6. The second-order valence-electron chi connectivity index (χ2n) is 24.0. The molecule has 2 aliphatic rings. The Balaban J connectivity index is 1.04. The molecule has 13 aromatic rings. The molecule has 0 radical (unpaired) electrons. The zero-order chi connectivity index (χ0) is 73.4. The lowest BCUT2D eigenvalue weighted by atomic mass is 9.33. The summed E-state index contributed by atoms with van der Waals surface area (Å²) in [5.74, 6) is 0.204. The summed E-state index contributed by atoms with van der Waals surface area (Å²) < 4.78 is 134. The Morgan fingerprint density at radius 1 is 0.292 bits per heavy atom. The van der Waals surface area contributed by atoms with Gasteiger partial charge in [0.25, 0.3) is 6.71 Å². The molecule has 0 unspecified atom stereocenters. The van der Waals surface area contributed by atoms with E-state index in [1.165, 1.54) is 0 Å². The average Bonchev–Trinajstić information content (AvgIpc) is 0.693. The minimum absolute atomic E-state index is 0.0525. The molecule has 0 aliphatic carbocycles. The molecule has 15 rings (SSSR count). The molecule has 2 aromatic heterocycles. The normalized spacial score (nSPS) is 14.9. The summed E-state index contributed by atoms with van der Waals surface area (Å²) in [4.78, 5) is 34.4. The van der Waals surface area contributed by atoms with Crippen molar-refractivity contribution < 1.29 is 20.6 Å². The van der Waals surface area contributed by atoms with Gasteiger partial charge in [-0.3, -0.25) is 0 Å².